The van der Waals surface area contributed by atoms with E-state index in [1.165, 1.54) is 24.1 Å². The smallest absolute Gasteiger partial charge is 0.238 e. The van der Waals surface area contributed by atoms with Crippen LogP contribution in [0.2, 0.25) is 5.02 Å². The molecule has 352 valence electrons. The topological polar surface area (TPSA) is 163 Å². The third-order valence-electron chi connectivity index (χ3n) is 15.5. The van der Waals surface area contributed by atoms with E-state index in [1.54, 1.807) is 18.2 Å². The number of hydrogen-bond donors (Lipinski definition) is 6. The molecule has 7 aliphatic heterocycles. The first kappa shape index (κ1) is 45.7. The molecule has 0 radical (unpaired) electrons. The highest BCUT2D eigenvalue weighted by atomic mass is 35.5. The summed E-state index contributed by atoms with van der Waals surface area (Å²) in [4.78, 5) is 26.6. The minimum atomic E-state index is -0.231. The van der Waals surface area contributed by atoms with Gasteiger partial charge in [0.05, 0.1) is 53.2 Å². The van der Waals surface area contributed by atoms with E-state index in [2.05, 4.69) is 110 Å². The van der Waals surface area contributed by atoms with Crippen molar-refractivity contribution in [3.05, 3.63) is 58.6 Å². The van der Waals surface area contributed by atoms with Crippen molar-refractivity contribution in [3.63, 3.8) is 0 Å². The summed E-state index contributed by atoms with van der Waals surface area (Å²) in [5, 5.41) is 17.2. The molecule has 65 heavy (non-hydrogen) atoms. The predicted molar refractivity (Wildman–Crippen MR) is 253 cm³/mol. The highest BCUT2D eigenvalue weighted by Crippen LogP contribution is 2.49. The number of fused-ring (bicyclic) bond motifs is 3. The number of piperidine rings is 1. The molecule has 7 heterocycles. The zero-order valence-electron chi connectivity index (χ0n) is 38.1. The number of hydrogen-bond acceptors (Lipinski definition) is 15. The molecule has 9 unspecified atom stereocenters. The summed E-state index contributed by atoms with van der Waals surface area (Å²) in [7, 11) is 0. The van der Waals surface area contributed by atoms with Gasteiger partial charge in [0.1, 0.15) is 35.9 Å². The molecule has 2 aromatic carbocycles. The molecular weight excluding hydrogens is 862 g/mol. The Bertz CT molecular complexity index is 2030. The van der Waals surface area contributed by atoms with Gasteiger partial charge >= 0.3 is 0 Å². The standard InChI is InChI=1S/C48H68ClN11O4S/c1-28-29(2)65-48-44(28)45(53-41(23-43-51-18-21-62-43)46-57-54-30(3)60(46)48)32-4-9-35(10-5-32)64-38-26-58(27-38)25-31-16-19-59(20-17-31)42-15-14-40(55-56-42)47(61)52-34-7-12-36(13-8-34)63-37-11-6-33(24-50)39(49)22-37/h4-6,9-11,22,28-31,34,36,38,40-44,46,48,51,54-57H,7-8,12-21,23,25-27H2,1-3H3,(H,52,61)/t28?,29?,30?,34?,36?,40?,41-,42?,43?,44?,46?,48?/m0/s1. The van der Waals surface area contributed by atoms with Crippen LogP contribution in [0.1, 0.15) is 89.7 Å². The molecule has 15 nitrogen and oxygen atoms in total. The number of nitriles is 1. The summed E-state index contributed by atoms with van der Waals surface area (Å²) in [6.07, 6.45) is 9.34. The number of ether oxygens (including phenoxy) is 3. The van der Waals surface area contributed by atoms with E-state index >= 15 is 0 Å². The Morgan fingerprint density at radius 3 is 2.42 bits per heavy atom. The molecule has 0 spiro atoms. The van der Waals surface area contributed by atoms with Crippen LogP contribution in [0, 0.1) is 29.1 Å². The van der Waals surface area contributed by atoms with Crippen molar-refractivity contribution >= 4 is 35.0 Å². The zero-order valence-corrected chi connectivity index (χ0v) is 39.7. The van der Waals surface area contributed by atoms with Gasteiger partial charge in [-0.05, 0) is 125 Å². The number of halogens is 1. The van der Waals surface area contributed by atoms with Crippen molar-refractivity contribution < 1.29 is 19.0 Å². The molecule has 7 fully saturated rings. The quantitative estimate of drug-likeness (QED) is 0.178. The summed E-state index contributed by atoms with van der Waals surface area (Å²) in [5.74, 6) is 3.22. The van der Waals surface area contributed by atoms with E-state index in [0.717, 1.165) is 96.6 Å². The Morgan fingerprint density at radius 2 is 1.71 bits per heavy atom. The summed E-state index contributed by atoms with van der Waals surface area (Å²) in [6, 6.07) is 16.1. The van der Waals surface area contributed by atoms with Crippen LogP contribution in [-0.4, -0.2) is 138 Å². The number of thioether (sulfide) groups is 1. The summed E-state index contributed by atoms with van der Waals surface area (Å²) >= 11 is 8.29. The number of carbonyl (C=O) groups excluding carboxylic acids is 1. The van der Waals surface area contributed by atoms with Gasteiger partial charge in [0.2, 0.25) is 5.91 Å². The van der Waals surface area contributed by atoms with E-state index in [4.69, 9.17) is 36.1 Å². The summed E-state index contributed by atoms with van der Waals surface area (Å²) in [6.45, 7) is 13.9. The Kier molecular flexibility index (Phi) is 14.3. The highest BCUT2D eigenvalue weighted by molar-refractivity contribution is 8.00. The van der Waals surface area contributed by atoms with Crippen LogP contribution in [0.25, 0.3) is 0 Å². The Morgan fingerprint density at radius 1 is 0.938 bits per heavy atom. The maximum atomic E-state index is 13.2. The Hall–Kier alpha value is -3.05. The zero-order chi connectivity index (χ0) is 44.6. The van der Waals surface area contributed by atoms with Crippen molar-refractivity contribution in [2.24, 2.45) is 22.7 Å². The number of benzene rings is 2. The molecule has 8 aliphatic rings. The monoisotopic (exact) mass is 929 g/mol. The molecule has 1 amide bonds. The summed E-state index contributed by atoms with van der Waals surface area (Å²) < 4.78 is 18.7. The van der Waals surface area contributed by atoms with Crippen molar-refractivity contribution in [3.8, 4) is 17.6 Å². The molecule has 1 aliphatic carbocycles. The van der Waals surface area contributed by atoms with Gasteiger partial charge in [-0.25, -0.2) is 21.7 Å². The molecule has 6 saturated heterocycles. The number of likely N-dealkylation sites (tertiary alicyclic amines) is 2. The van der Waals surface area contributed by atoms with Gasteiger partial charge in [-0.1, -0.05) is 25.4 Å². The van der Waals surface area contributed by atoms with E-state index in [9.17, 15) is 4.79 Å². The molecule has 6 N–H and O–H groups in total. The lowest BCUT2D eigenvalue weighted by molar-refractivity contribution is -0.125. The minimum Gasteiger partial charge on any atom is -0.490 e. The van der Waals surface area contributed by atoms with Gasteiger partial charge in [0.15, 0.2) is 0 Å². The van der Waals surface area contributed by atoms with Crippen LogP contribution < -0.4 is 41.8 Å². The van der Waals surface area contributed by atoms with E-state index in [-0.39, 0.29) is 61.0 Å². The lowest BCUT2D eigenvalue weighted by atomic mass is 9.84. The first-order chi connectivity index (χ1) is 31.6. The second kappa shape index (κ2) is 20.3. The normalized spacial score (nSPS) is 36.2. The first-order valence-electron chi connectivity index (χ1n) is 24.4. The summed E-state index contributed by atoms with van der Waals surface area (Å²) in [5.41, 5.74) is 16.9. The second-order valence-corrected chi connectivity index (χ2v) is 21.8. The van der Waals surface area contributed by atoms with Crippen molar-refractivity contribution in [2.75, 3.05) is 45.9 Å². The SMILES string of the molecule is CC1SC2C(C(c3ccc(OC4CN(CC5CCN(C6CCC(C(=O)NC7CCC(Oc8ccc(C#N)c(Cl)c8)CC7)NN6)CC5)C4)cc3)=N[C@@H](CC3NCCO3)C3NNC(C)N23)C1C. The second-order valence-electron chi connectivity index (χ2n) is 19.9. The van der Waals surface area contributed by atoms with Gasteiger partial charge in [0.25, 0.3) is 0 Å². The molecule has 10 atom stereocenters. The average Bonchev–Trinajstić information content (AvgIpc) is 4.02. The van der Waals surface area contributed by atoms with Gasteiger partial charge in [-0.3, -0.25) is 29.8 Å². The van der Waals surface area contributed by atoms with Crippen LogP contribution >= 0.6 is 23.4 Å². The number of nitrogens with zero attached hydrogens (tertiary/aromatic N) is 5. The molecule has 1 saturated carbocycles. The maximum Gasteiger partial charge on any atom is 0.238 e. The molecule has 2 aromatic rings. The molecular formula is C48H68ClN11O4S. The fourth-order valence-corrected chi connectivity index (χ4v) is 13.7. The number of rotatable bonds is 12. The van der Waals surface area contributed by atoms with Crippen LogP contribution in [-0.2, 0) is 9.53 Å². The van der Waals surface area contributed by atoms with E-state index < -0.39 is 0 Å². The number of carbonyl (C=O) groups is 1. The number of aliphatic imine (C=N–C) groups is 1. The van der Waals surface area contributed by atoms with Crippen LogP contribution in [0.4, 0.5) is 0 Å². The predicted octanol–water partition coefficient (Wildman–Crippen LogP) is 4.38. The fraction of sp³-hybridized carbons (Fsp3) is 0.688. The largest absolute Gasteiger partial charge is 0.490 e. The van der Waals surface area contributed by atoms with E-state index in [0.29, 0.717) is 44.7 Å². The third-order valence-corrected chi connectivity index (χ3v) is 17.5. The third kappa shape index (κ3) is 10.2. The molecule has 0 bridgehead atoms. The number of amides is 1. The van der Waals surface area contributed by atoms with Crippen LogP contribution in [0.3, 0.4) is 0 Å². The maximum absolute atomic E-state index is 13.2. The van der Waals surface area contributed by atoms with Gasteiger partial charge < -0.3 is 19.5 Å². The first-order valence-corrected chi connectivity index (χ1v) is 25.8. The molecule has 17 heteroatoms. The van der Waals surface area contributed by atoms with Crippen molar-refractivity contribution in [1.29, 1.82) is 5.26 Å². The lowest BCUT2D eigenvalue weighted by Crippen LogP contribution is -2.63. The number of hydrazine groups is 2. The van der Waals surface area contributed by atoms with Gasteiger partial charge in [0, 0.05) is 61.6 Å². The van der Waals surface area contributed by atoms with E-state index in [1.807, 2.05) is 0 Å². The Balaban J connectivity index is 0.639. The van der Waals surface area contributed by atoms with Crippen LogP contribution in [0.5, 0.6) is 11.5 Å². The lowest BCUT2D eigenvalue weighted by Gasteiger charge is -2.44. The minimum absolute atomic E-state index is 0.0281. The van der Waals surface area contributed by atoms with Crippen LogP contribution in [0.15, 0.2) is 47.5 Å². The molecule has 10 rings (SSSR count). The van der Waals surface area contributed by atoms with Crippen molar-refractivity contribution in [2.45, 2.75) is 144 Å². The molecule has 0 aromatic heterocycles. The van der Waals surface area contributed by atoms with Gasteiger partial charge in [-0.15, -0.1) is 11.8 Å². The Labute approximate surface area is 393 Å². The highest BCUT2D eigenvalue weighted by Gasteiger charge is 2.53. The van der Waals surface area contributed by atoms with Crippen molar-refractivity contribution in [1.82, 2.24) is 47.0 Å². The fourth-order valence-electron chi connectivity index (χ4n) is 11.6. The number of nitrogens with one attached hydrogen (secondary N) is 6. The average molecular weight is 931 g/mol. The van der Waals surface area contributed by atoms with Gasteiger partial charge in [-0.2, -0.15) is 5.26 Å².